The van der Waals surface area contributed by atoms with Crippen LogP contribution in [0, 0.1) is 12.7 Å². The van der Waals surface area contributed by atoms with Gasteiger partial charge in [-0.1, -0.05) is 43.7 Å². The summed E-state index contributed by atoms with van der Waals surface area (Å²) in [6.45, 7) is 7.29. The van der Waals surface area contributed by atoms with Gasteiger partial charge in [-0.05, 0) is 60.4 Å². The van der Waals surface area contributed by atoms with E-state index in [0.717, 1.165) is 26.3 Å². The van der Waals surface area contributed by atoms with E-state index in [1.807, 2.05) is 20.8 Å². The molecular weight excluding hydrogens is 519 g/mol. The highest BCUT2D eigenvalue weighted by molar-refractivity contribution is 7.90. The molecule has 5 aromatic rings. The molecule has 0 radical (unpaired) electrons. The zero-order valence-corrected chi connectivity index (χ0v) is 22.5. The molecule has 2 aromatic heterocycles. The van der Waals surface area contributed by atoms with Crippen molar-refractivity contribution in [2.45, 2.75) is 37.7 Å². The van der Waals surface area contributed by atoms with Gasteiger partial charge in [0, 0.05) is 24.0 Å². The number of nitrogens with one attached hydrogen (secondary N) is 2. The topological polar surface area (TPSA) is 106 Å². The van der Waals surface area contributed by atoms with Crippen LogP contribution in [0.25, 0.3) is 32.9 Å². The molecule has 0 spiro atoms. The molecule has 39 heavy (non-hydrogen) atoms. The van der Waals surface area contributed by atoms with Gasteiger partial charge in [0.2, 0.25) is 5.88 Å². The Balaban J connectivity index is 1.66. The van der Waals surface area contributed by atoms with Crippen molar-refractivity contribution in [3.8, 4) is 17.0 Å². The second-order valence-corrected chi connectivity index (χ2v) is 12.0. The standard InChI is InChI=1S/C29H27FN4O4S/c1-16(2)26-27(18-6-8-19(30)9-7-18)22-12-23-25(13-24(22)32-29(26)38-20-14-31-15-20)34(33-28(23)35)39(36,37)21-10-4-17(3)5-11-21/h4-13,16,20,31H,14-15H2,1-3H3,(H,33,35). The third-order valence-corrected chi connectivity index (χ3v) is 8.70. The fraction of sp³-hybridized carbons (Fsp3) is 0.241. The van der Waals surface area contributed by atoms with Crippen molar-refractivity contribution in [3.63, 3.8) is 0 Å². The number of aromatic nitrogens is 3. The third-order valence-electron chi connectivity index (χ3n) is 7.06. The number of H-pyrrole nitrogens is 1. The quantitative estimate of drug-likeness (QED) is 0.320. The summed E-state index contributed by atoms with van der Waals surface area (Å²) in [5.41, 5.74) is 3.36. The molecule has 0 bridgehead atoms. The van der Waals surface area contributed by atoms with Crippen LogP contribution < -0.4 is 15.6 Å². The van der Waals surface area contributed by atoms with E-state index in [4.69, 9.17) is 9.72 Å². The van der Waals surface area contributed by atoms with E-state index in [9.17, 15) is 17.6 Å². The molecule has 3 aromatic carbocycles. The van der Waals surface area contributed by atoms with Crippen LogP contribution >= 0.6 is 0 Å². The number of hydrogen-bond acceptors (Lipinski definition) is 6. The lowest BCUT2D eigenvalue weighted by atomic mass is 9.90. The monoisotopic (exact) mass is 546 g/mol. The minimum Gasteiger partial charge on any atom is -0.471 e. The van der Waals surface area contributed by atoms with Crippen LogP contribution in [0.3, 0.4) is 0 Å². The second kappa shape index (κ2) is 9.32. The molecule has 3 heterocycles. The number of fused-ring (bicyclic) bond motifs is 2. The van der Waals surface area contributed by atoms with Gasteiger partial charge < -0.3 is 10.1 Å². The summed E-state index contributed by atoms with van der Waals surface area (Å²) >= 11 is 0. The van der Waals surface area contributed by atoms with Crippen LogP contribution in [0.4, 0.5) is 4.39 Å². The zero-order chi connectivity index (χ0) is 27.5. The Bertz CT molecular complexity index is 1890. The summed E-state index contributed by atoms with van der Waals surface area (Å²) < 4.78 is 48.1. The van der Waals surface area contributed by atoms with Crippen molar-refractivity contribution >= 4 is 31.8 Å². The average molecular weight is 547 g/mol. The number of aromatic amines is 1. The highest BCUT2D eigenvalue weighted by Crippen LogP contribution is 2.42. The first-order valence-corrected chi connectivity index (χ1v) is 14.2. The molecule has 1 aliphatic rings. The van der Waals surface area contributed by atoms with E-state index in [1.54, 1.807) is 36.4 Å². The largest absolute Gasteiger partial charge is 0.471 e. The number of rotatable bonds is 6. The summed E-state index contributed by atoms with van der Waals surface area (Å²) in [5.74, 6) is 0.0661. The third kappa shape index (κ3) is 4.29. The van der Waals surface area contributed by atoms with Crippen molar-refractivity contribution in [3.05, 3.63) is 88.0 Å². The highest BCUT2D eigenvalue weighted by Gasteiger charge is 2.27. The van der Waals surface area contributed by atoms with Gasteiger partial charge in [-0.2, -0.15) is 12.5 Å². The molecule has 200 valence electrons. The van der Waals surface area contributed by atoms with Crippen molar-refractivity contribution < 1.29 is 17.5 Å². The van der Waals surface area contributed by atoms with Gasteiger partial charge in [-0.3, -0.25) is 4.79 Å². The second-order valence-electron chi connectivity index (χ2n) is 10.2. The minimum atomic E-state index is -4.09. The van der Waals surface area contributed by atoms with E-state index < -0.39 is 15.6 Å². The Kier molecular flexibility index (Phi) is 6.04. The van der Waals surface area contributed by atoms with Crippen LogP contribution in [0.2, 0.25) is 0 Å². The average Bonchev–Trinajstić information content (AvgIpc) is 3.21. The molecule has 1 aliphatic heterocycles. The lowest BCUT2D eigenvalue weighted by Gasteiger charge is -2.29. The van der Waals surface area contributed by atoms with Crippen LogP contribution in [0.15, 0.2) is 70.4 Å². The van der Waals surface area contributed by atoms with E-state index in [0.29, 0.717) is 29.9 Å². The minimum absolute atomic E-state index is 0.00881. The zero-order valence-electron chi connectivity index (χ0n) is 21.7. The molecule has 6 rings (SSSR count). The lowest BCUT2D eigenvalue weighted by molar-refractivity contribution is 0.135. The fourth-order valence-electron chi connectivity index (χ4n) is 4.92. The first-order chi connectivity index (χ1) is 18.6. The maximum atomic E-state index is 13.9. The van der Waals surface area contributed by atoms with Gasteiger partial charge in [0.15, 0.2) is 0 Å². The van der Waals surface area contributed by atoms with Crippen molar-refractivity contribution in [2.24, 2.45) is 0 Å². The van der Waals surface area contributed by atoms with Crippen molar-refractivity contribution in [1.29, 1.82) is 0 Å². The van der Waals surface area contributed by atoms with E-state index >= 15 is 0 Å². The molecule has 0 atom stereocenters. The van der Waals surface area contributed by atoms with Crippen LogP contribution in [0.1, 0.15) is 30.9 Å². The molecule has 0 unspecified atom stereocenters. The smallest absolute Gasteiger partial charge is 0.281 e. The first kappa shape index (κ1) is 25.3. The summed E-state index contributed by atoms with van der Waals surface area (Å²) in [5, 5.41) is 6.54. The Morgan fingerprint density at radius 2 is 1.72 bits per heavy atom. The molecule has 1 saturated heterocycles. The van der Waals surface area contributed by atoms with Gasteiger partial charge in [0.25, 0.3) is 15.6 Å². The van der Waals surface area contributed by atoms with E-state index in [1.165, 1.54) is 24.3 Å². The molecule has 8 nitrogen and oxygen atoms in total. The molecule has 0 saturated carbocycles. The van der Waals surface area contributed by atoms with Gasteiger partial charge >= 0.3 is 0 Å². The summed E-state index contributed by atoms with van der Waals surface area (Å²) in [7, 11) is -4.09. The summed E-state index contributed by atoms with van der Waals surface area (Å²) in [6, 6.07) is 15.8. The molecule has 0 amide bonds. The molecule has 1 fully saturated rings. The van der Waals surface area contributed by atoms with Gasteiger partial charge in [-0.15, -0.1) is 0 Å². The number of hydrogen-bond donors (Lipinski definition) is 2. The summed E-state index contributed by atoms with van der Waals surface area (Å²) in [6.07, 6.45) is -0.0513. The number of benzene rings is 3. The lowest BCUT2D eigenvalue weighted by Crippen LogP contribution is -2.50. The molecule has 2 N–H and O–H groups in total. The normalized spacial score (nSPS) is 14.3. The Hall–Kier alpha value is -4.02. The van der Waals surface area contributed by atoms with Gasteiger partial charge in [-0.25, -0.2) is 14.5 Å². The number of ether oxygens (including phenoxy) is 1. The predicted octanol–water partition coefficient (Wildman–Crippen LogP) is 4.70. The Labute approximate surface area is 224 Å². The highest BCUT2D eigenvalue weighted by atomic mass is 32.2. The van der Waals surface area contributed by atoms with Crippen LogP contribution in [0.5, 0.6) is 5.88 Å². The maximum absolute atomic E-state index is 13.9. The number of nitrogens with zero attached hydrogens (tertiary/aromatic N) is 2. The number of halogens is 1. The van der Waals surface area contributed by atoms with Gasteiger partial charge in [0.1, 0.15) is 11.9 Å². The number of aryl methyl sites for hydroxylation is 1. The number of pyridine rings is 1. The van der Waals surface area contributed by atoms with Crippen molar-refractivity contribution in [1.82, 2.24) is 19.5 Å². The van der Waals surface area contributed by atoms with Gasteiger partial charge in [0.05, 0.1) is 21.3 Å². The molecular formula is C29H27FN4O4S. The maximum Gasteiger partial charge on any atom is 0.281 e. The predicted molar refractivity (Wildman–Crippen MR) is 148 cm³/mol. The Morgan fingerprint density at radius 3 is 2.33 bits per heavy atom. The van der Waals surface area contributed by atoms with Crippen molar-refractivity contribution in [2.75, 3.05) is 13.1 Å². The summed E-state index contributed by atoms with van der Waals surface area (Å²) in [4.78, 5) is 18.0. The SMILES string of the molecule is Cc1ccc(S(=O)(=O)n2[nH]c(=O)c3cc4c(-c5ccc(F)cc5)c(C(C)C)c(OC5CNC5)nc4cc32)cc1. The molecule has 10 heteroatoms. The van der Waals surface area contributed by atoms with Crippen LogP contribution in [-0.2, 0) is 10.0 Å². The van der Waals surface area contributed by atoms with E-state index in [2.05, 4.69) is 10.4 Å². The Morgan fingerprint density at radius 1 is 1.03 bits per heavy atom. The first-order valence-electron chi connectivity index (χ1n) is 12.7. The van der Waals surface area contributed by atoms with Crippen LogP contribution in [-0.4, -0.2) is 41.8 Å². The fourth-order valence-corrected chi connectivity index (χ4v) is 6.22. The molecule has 0 aliphatic carbocycles. The van der Waals surface area contributed by atoms with E-state index in [-0.39, 0.29) is 33.6 Å².